The summed E-state index contributed by atoms with van der Waals surface area (Å²) >= 11 is 0. The van der Waals surface area contributed by atoms with Gasteiger partial charge in [-0.3, -0.25) is 4.79 Å². The van der Waals surface area contributed by atoms with E-state index in [1.807, 2.05) is 0 Å². The van der Waals surface area contributed by atoms with Crippen molar-refractivity contribution in [3.05, 3.63) is 59.2 Å². The highest BCUT2D eigenvalue weighted by molar-refractivity contribution is 5.94. The van der Waals surface area contributed by atoms with Crippen LogP contribution in [0.3, 0.4) is 0 Å². The Bertz CT molecular complexity index is 660. The smallest absolute Gasteiger partial charge is 0.254 e. The number of amides is 1. The van der Waals surface area contributed by atoms with Crippen molar-refractivity contribution < 1.29 is 18.7 Å². The molecule has 20 heavy (non-hydrogen) atoms. The highest BCUT2D eigenvalue weighted by Crippen LogP contribution is 2.19. The summed E-state index contributed by atoms with van der Waals surface area (Å²) in [7, 11) is 0. The molecule has 0 spiro atoms. The molecule has 0 aromatic heterocycles. The molecule has 2 aromatic rings. The van der Waals surface area contributed by atoms with E-state index >= 15 is 0 Å². The van der Waals surface area contributed by atoms with Crippen LogP contribution in [-0.2, 0) is 6.54 Å². The topological polar surface area (TPSA) is 75.3 Å². The number of phenols is 1. The SMILES string of the molecule is Nc1ccc(O)c(CNC(=O)c2ccc(F)cc2F)c1. The fraction of sp³-hybridized carbons (Fsp3) is 0.0714. The number of hydrogen-bond donors (Lipinski definition) is 3. The minimum Gasteiger partial charge on any atom is -0.508 e. The minimum atomic E-state index is -0.945. The van der Waals surface area contributed by atoms with Gasteiger partial charge in [-0.15, -0.1) is 0 Å². The lowest BCUT2D eigenvalue weighted by atomic mass is 10.1. The van der Waals surface area contributed by atoms with Crippen LogP contribution in [0.4, 0.5) is 14.5 Å². The fourth-order valence-electron chi connectivity index (χ4n) is 1.69. The molecular formula is C14H12F2N2O2. The number of nitrogens with one attached hydrogen (secondary N) is 1. The molecule has 6 heteroatoms. The van der Waals surface area contributed by atoms with Crippen molar-refractivity contribution in [1.82, 2.24) is 5.32 Å². The average molecular weight is 278 g/mol. The number of rotatable bonds is 3. The van der Waals surface area contributed by atoms with E-state index in [-0.39, 0.29) is 17.9 Å². The zero-order valence-corrected chi connectivity index (χ0v) is 10.4. The summed E-state index contributed by atoms with van der Waals surface area (Å²) in [6, 6.07) is 7.09. The predicted octanol–water partition coefficient (Wildman–Crippen LogP) is 2.18. The van der Waals surface area contributed by atoms with Gasteiger partial charge >= 0.3 is 0 Å². The Hall–Kier alpha value is -2.63. The molecular weight excluding hydrogens is 266 g/mol. The van der Waals surface area contributed by atoms with Crippen LogP contribution in [0.1, 0.15) is 15.9 Å². The second kappa shape index (κ2) is 5.56. The quantitative estimate of drug-likeness (QED) is 0.595. The molecule has 0 bridgehead atoms. The van der Waals surface area contributed by atoms with Crippen LogP contribution < -0.4 is 11.1 Å². The number of nitrogen functional groups attached to an aromatic ring is 1. The third-order valence-electron chi connectivity index (χ3n) is 2.72. The van der Waals surface area contributed by atoms with Gasteiger partial charge in [-0.25, -0.2) is 8.78 Å². The molecule has 0 radical (unpaired) electrons. The van der Waals surface area contributed by atoms with E-state index in [9.17, 15) is 18.7 Å². The van der Waals surface area contributed by atoms with E-state index in [1.54, 1.807) is 0 Å². The van der Waals surface area contributed by atoms with Crippen molar-refractivity contribution >= 4 is 11.6 Å². The molecule has 104 valence electrons. The molecule has 2 aromatic carbocycles. The normalized spacial score (nSPS) is 10.3. The molecule has 4 nitrogen and oxygen atoms in total. The Morgan fingerprint density at radius 3 is 2.65 bits per heavy atom. The van der Waals surface area contributed by atoms with E-state index in [1.165, 1.54) is 18.2 Å². The first-order chi connectivity index (χ1) is 9.47. The van der Waals surface area contributed by atoms with E-state index in [2.05, 4.69) is 5.32 Å². The van der Waals surface area contributed by atoms with Crippen LogP contribution >= 0.6 is 0 Å². The average Bonchev–Trinajstić information content (AvgIpc) is 2.39. The standard InChI is InChI=1S/C14H12F2N2O2/c15-9-1-3-11(12(16)6-9)14(20)18-7-8-5-10(17)2-4-13(8)19/h1-6,19H,7,17H2,(H,18,20). The number of carbonyl (C=O) groups excluding carboxylic acids is 1. The van der Waals surface area contributed by atoms with Gasteiger partial charge in [-0.05, 0) is 30.3 Å². The van der Waals surface area contributed by atoms with Crippen LogP contribution in [0.25, 0.3) is 0 Å². The molecule has 0 aliphatic carbocycles. The van der Waals surface area contributed by atoms with Gasteiger partial charge in [0, 0.05) is 23.9 Å². The van der Waals surface area contributed by atoms with Crippen molar-refractivity contribution in [2.75, 3.05) is 5.73 Å². The minimum absolute atomic E-state index is 0.0213. The number of carbonyl (C=O) groups is 1. The second-order valence-corrected chi connectivity index (χ2v) is 4.19. The number of benzene rings is 2. The third-order valence-corrected chi connectivity index (χ3v) is 2.72. The first kappa shape index (κ1) is 13.8. The third kappa shape index (κ3) is 3.03. The van der Waals surface area contributed by atoms with E-state index in [0.717, 1.165) is 12.1 Å². The van der Waals surface area contributed by atoms with Crippen LogP contribution in [0.2, 0.25) is 0 Å². The molecule has 0 aliphatic heterocycles. The van der Waals surface area contributed by atoms with Gasteiger partial charge in [0.2, 0.25) is 0 Å². The molecule has 1 amide bonds. The van der Waals surface area contributed by atoms with Crippen LogP contribution in [0.15, 0.2) is 36.4 Å². The molecule has 0 atom stereocenters. The number of nitrogens with two attached hydrogens (primary N) is 1. The Morgan fingerprint density at radius 2 is 1.95 bits per heavy atom. The maximum absolute atomic E-state index is 13.4. The molecule has 0 saturated heterocycles. The lowest BCUT2D eigenvalue weighted by molar-refractivity contribution is 0.0946. The van der Waals surface area contributed by atoms with Gasteiger partial charge in [0.1, 0.15) is 17.4 Å². The number of hydrogen-bond acceptors (Lipinski definition) is 3. The van der Waals surface area contributed by atoms with Crippen molar-refractivity contribution in [2.24, 2.45) is 0 Å². The summed E-state index contributed by atoms with van der Waals surface area (Å²) in [5.41, 5.74) is 6.13. The zero-order chi connectivity index (χ0) is 14.7. The number of halogens is 2. The first-order valence-electron chi connectivity index (χ1n) is 5.78. The highest BCUT2D eigenvalue weighted by atomic mass is 19.1. The molecule has 0 fully saturated rings. The second-order valence-electron chi connectivity index (χ2n) is 4.19. The monoisotopic (exact) mass is 278 g/mol. The summed E-state index contributed by atoms with van der Waals surface area (Å²) in [5, 5.41) is 12.0. The summed E-state index contributed by atoms with van der Waals surface area (Å²) in [6.07, 6.45) is 0. The van der Waals surface area contributed by atoms with Gasteiger partial charge in [-0.1, -0.05) is 0 Å². The van der Waals surface area contributed by atoms with Gasteiger partial charge < -0.3 is 16.2 Å². The molecule has 0 heterocycles. The maximum atomic E-state index is 13.4. The summed E-state index contributed by atoms with van der Waals surface area (Å²) < 4.78 is 26.1. The summed E-state index contributed by atoms with van der Waals surface area (Å²) in [6.45, 7) is -0.0213. The highest BCUT2D eigenvalue weighted by Gasteiger charge is 2.12. The largest absolute Gasteiger partial charge is 0.508 e. The fourth-order valence-corrected chi connectivity index (χ4v) is 1.69. The maximum Gasteiger partial charge on any atom is 0.254 e. The van der Waals surface area contributed by atoms with Crippen molar-refractivity contribution in [3.63, 3.8) is 0 Å². The number of anilines is 1. The Morgan fingerprint density at radius 1 is 1.20 bits per heavy atom. The van der Waals surface area contributed by atoms with Gasteiger partial charge in [0.15, 0.2) is 0 Å². The molecule has 4 N–H and O–H groups in total. The number of aromatic hydroxyl groups is 1. The Kier molecular flexibility index (Phi) is 3.84. The van der Waals surface area contributed by atoms with E-state index in [4.69, 9.17) is 5.73 Å². The van der Waals surface area contributed by atoms with Gasteiger partial charge in [-0.2, -0.15) is 0 Å². The van der Waals surface area contributed by atoms with E-state index in [0.29, 0.717) is 17.3 Å². The van der Waals surface area contributed by atoms with Crippen molar-refractivity contribution in [2.45, 2.75) is 6.54 Å². The van der Waals surface area contributed by atoms with Crippen molar-refractivity contribution in [3.8, 4) is 5.75 Å². The van der Waals surface area contributed by atoms with Crippen LogP contribution in [0.5, 0.6) is 5.75 Å². The molecule has 0 unspecified atom stereocenters. The predicted molar refractivity (Wildman–Crippen MR) is 70.0 cm³/mol. The van der Waals surface area contributed by atoms with Gasteiger partial charge in [0.25, 0.3) is 5.91 Å². The number of phenolic OH excluding ortho intramolecular Hbond substituents is 1. The molecule has 0 aliphatic rings. The van der Waals surface area contributed by atoms with Crippen molar-refractivity contribution in [1.29, 1.82) is 0 Å². The summed E-state index contributed by atoms with van der Waals surface area (Å²) in [4.78, 5) is 11.8. The lowest BCUT2D eigenvalue weighted by Crippen LogP contribution is -2.24. The van der Waals surface area contributed by atoms with Crippen LogP contribution in [0, 0.1) is 11.6 Å². The molecule has 0 saturated carbocycles. The lowest BCUT2D eigenvalue weighted by Gasteiger charge is -2.08. The van der Waals surface area contributed by atoms with Gasteiger partial charge in [0.05, 0.1) is 5.56 Å². The van der Waals surface area contributed by atoms with Crippen LogP contribution in [-0.4, -0.2) is 11.0 Å². The summed E-state index contributed by atoms with van der Waals surface area (Å²) in [5.74, 6) is -2.43. The Balaban J connectivity index is 2.10. The molecule has 2 rings (SSSR count). The first-order valence-corrected chi connectivity index (χ1v) is 5.78. The zero-order valence-electron chi connectivity index (χ0n) is 10.4. The Labute approximate surface area is 113 Å². The van der Waals surface area contributed by atoms with E-state index < -0.39 is 17.5 Å².